The van der Waals surface area contributed by atoms with Crippen LogP contribution in [0.15, 0.2) is 29.2 Å². The minimum absolute atomic E-state index is 0.372. The van der Waals surface area contributed by atoms with Crippen LogP contribution in [0.3, 0.4) is 0 Å². The molecule has 0 atom stereocenters. The average Bonchev–Trinajstić information content (AvgIpc) is 2.22. The number of carboxylic acid groups (broad SMARTS) is 1. The molecule has 1 aromatic carbocycles. The maximum atomic E-state index is 11.9. The molecule has 5 heteroatoms. The number of aryl methyl sites for hydroxylation is 1. The number of nitrogens with zero attached hydrogens (tertiary/aromatic N) is 2. The summed E-state index contributed by atoms with van der Waals surface area (Å²) in [5.74, 6) is -1.08. The molecule has 1 heterocycles. The number of fused-ring (bicyclic) bond motifs is 1. The molecule has 2 aromatic rings. The molecule has 0 saturated heterocycles. The highest BCUT2D eigenvalue weighted by Crippen LogP contribution is 2.09. The summed E-state index contributed by atoms with van der Waals surface area (Å²) in [5.41, 5.74) is 0.585. The minimum atomic E-state index is -1.08. The van der Waals surface area contributed by atoms with Gasteiger partial charge in [-0.3, -0.25) is 9.59 Å². The van der Waals surface area contributed by atoms with Crippen LogP contribution in [0.2, 0.25) is 0 Å². The molecular weight excluding hydrogens is 208 g/mol. The van der Waals surface area contributed by atoms with E-state index in [0.29, 0.717) is 5.39 Å². The van der Waals surface area contributed by atoms with E-state index in [1.807, 2.05) is 13.0 Å². The second-order valence-corrected chi connectivity index (χ2v) is 3.59. The lowest BCUT2D eigenvalue weighted by atomic mass is 10.1. The summed E-state index contributed by atoms with van der Waals surface area (Å²) in [6.45, 7) is 1.46. The van der Waals surface area contributed by atoms with Gasteiger partial charge in [-0.25, -0.2) is 4.68 Å². The third-order valence-electron chi connectivity index (χ3n) is 2.29. The maximum absolute atomic E-state index is 11.9. The van der Waals surface area contributed by atoms with Crippen molar-refractivity contribution in [3.8, 4) is 0 Å². The van der Waals surface area contributed by atoms with Crippen molar-refractivity contribution < 1.29 is 9.90 Å². The summed E-state index contributed by atoms with van der Waals surface area (Å²) in [6, 6.07) is 5.41. The standard InChI is InChI=1S/C11H10N2O3/c1-7-2-3-8-5-12-13(6-10(14)15)11(16)9(8)4-7/h2-5H,6H2,1H3,(H,14,15). The third-order valence-corrected chi connectivity index (χ3v) is 2.29. The number of hydrogen-bond donors (Lipinski definition) is 1. The molecule has 0 aliphatic carbocycles. The van der Waals surface area contributed by atoms with Crippen molar-refractivity contribution in [1.29, 1.82) is 0 Å². The fourth-order valence-electron chi connectivity index (χ4n) is 1.53. The first-order valence-electron chi connectivity index (χ1n) is 4.76. The summed E-state index contributed by atoms with van der Waals surface area (Å²) < 4.78 is 0.949. The Labute approximate surface area is 90.9 Å². The Hall–Kier alpha value is -2.17. The van der Waals surface area contributed by atoms with Crippen LogP contribution in [0, 0.1) is 6.92 Å². The van der Waals surface area contributed by atoms with E-state index in [0.717, 1.165) is 15.6 Å². The monoisotopic (exact) mass is 218 g/mol. The Morgan fingerprint density at radius 2 is 2.25 bits per heavy atom. The van der Waals surface area contributed by atoms with Gasteiger partial charge >= 0.3 is 5.97 Å². The van der Waals surface area contributed by atoms with Crippen LogP contribution in [0.4, 0.5) is 0 Å². The van der Waals surface area contributed by atoms with Gasteiger partial charge in [0.1, 0.15) is 6.54 Å². The Balaban J connectivity index is 2.68. The third kappa shape index (κ3) is 1.79. The van der Waals surface area contributed by atoms with Crippen LogP contribution < -0.4 is 5.56 Å². The predicted molar refractivity (Wildman–Crippen MR) is 58.4 cm³/mol. The summed E-state index contributed by atoms with van der Waals surface area (Å²) in [7, 11) is 0. The maximum Gasteiger partial charge on any atom is 0.325 e. The van der Waals surface area contributed by atoms with Gasteiger partial charge in [-0.15, -0.1) is 0 Å². The zero-order chi connectivity index (χ0) is 11.7. The second kappa shape index (κ2) is 3.77. The van der Waals surface area contributed by atoms with Crippen molar-refractivity contribution >= 4 is 16.7 Å². The van der Waals surface area contributed by atoms with Gasteiger partial charge in [-0.05, 0) is 13.0 Å². The number of carbonyl (C=O) groups is 1. The molecule has 0 unspecified atom stereocenters. The molecule has 0 radical (unpaired) electrons. The number of rotatable bonds is 2. The van der Waals surface area contributed by atoms with E-state index in [4.69, 9.17) is 5.11 Å². The summed E-state index contributed by atoms with van der Waals surface area (Å²) in [5, 5.41) is 13.6. The number of aliphatic carboxylic acids is 1. The molecule has 16 heavy (non-hydrogen) atoms. The zero-order valence-electron chi connectivity index (χ0n) is 8.67. The van der Waals surface area contributed by atoms with Crippen molar-refractivity contribution in [2.75, 3.05) is 0 Å². The predicted octanol–water partition coefficient (Wildman–Crippen LogP) is 0.790. The lowest BCUT2D eigenvalue weighted by Crippen LogP contribution is -2.26. The van der Waals surface area contributed by atoms with E-state index in [1.54, 1.807) is 12.1 Å². The van der Waals surface area contributed by atoms with E-state index in [1.165, 1.54) is 6.20 Å². The molecule has 0 amide bonds. The first-order chi connectivity index (χ1) is 7.58. The number of carboxylic acids is 1. The summed E-state index contributed by atoms with van der Waals surface area (Å²) in [4.78, 5) is 22.4. The van der Waals surface area contributed by atoms with Crippen LogP contribution in [-0.2, 0) is 11.3 Å². The quantitative estimate of drug-likeness (QED) is 0.808. The summed E-state index contributed by atoms with van der Waals surface area (Å²) >= 11 is 0. The minimum Gasteiger partial charge on any atom is -0.480 e. The Morgan fingerprint density at radius 1 is 1.50 bits per heavy atom. The van der Waals surface area contributed by atoms with Crippen LogP contribution in [0.1, 0.15) is 5.56 Å². The van der Waals surface area contributed by atoms with E-state index in [2.05, 4.69) is 5.10 Å². The van der Waals surface area contributed by atoms with Crippen molar-refractivity contribution in [1.82, 2.24) is 9.78 Å². The number of benzene rings is 1. The molecule has 0 fully saturated rings. The van der Waals surface area contributed by atoms with E-state index >= 15 is 0 Å². The number of aromatic nitrogens is 2. The van der Waals surface area contributed by atoms with Crippen LogP contribution >= 0.6 is 0 Å². The zero-order valence-corrected chi connectivity index (χ0v) is 8.67. The van der Waals surface area contributed by atoms with Gasteiger partial charge in [-0.2, -0.15) is 5.10 Å². The molecule has 0 bridgehead atoms. The Bertz CT molecular complexity index is 616. The smallest absolute Gasteiger partial charge is 0.325 e. The highest BCUT2D eigenvalue weighted by atomic mass is 16.4. The first-order valence-corrected chi connectivity index (χ1v) is 4.76. The Morgan fingerprint density at radius 3 is 2.94 bits per heavy atom. The first kappa shape index (κ1) is 10.4. The topological polar surface area (TPSA) is 72.2 Å². The van der Waals surface area contributed by atoms with Crippen LogP contribution in [-0.4, -0.2) is 20.9 Å². The van der Waals surface area contributed by atoms with Gasteiger partial charge in [0.15, 0.2) is 0 Å². The van der Waals surface area contributed by atoms with Gasteiger partial charge in [0, 0.05) is 5.39 Å². The van der Waals surface area contributed by atoms with E-state index in [-0.39, 0.29) is 5.56 Å². The molecule has 0 aliphatic heterocycles. The molecule has 0 aliphatic rings. The van der Waals surface area contributed by atoms with Crippen LogP contribution in [0.25, 0.3) is 10.8 Å². The molecule has 1 N–H and O–H groups in total. The van der Waals surface area contributed by atoms with Crippen molar-refractivity contribution in [3.05, 3.63) is 40.3 Å². The van der Waals surface area contributed by atoms with Crippen molar-refractivity contribution in [3.63, 3.8) is 0 Å². The highest BCUT2D eigenvalue weighted by molar-refractivity contribution is 5.81. The molecule has 0 spiro atoms. The van der Waals surface area contributed by atoms with E-state index < -0.39 is 12.5 Å². The molecule has 1 aromatic heterocycles. The second-order valence-electron chi connectivity index (χ2n) is 3.59. The van der Waals surface area contributed by atoms with Gasteiger partial charge < -0.3 is 5.11 Å². The van der Waals surface area contributed by atoms with Gasteiger partial charge in [0.2, 0.25) is 0 Å². The molecule has 82 valence electrons. The molecule has 0 saturated carbocycles. The lowest BCUT2D eigenvalue weighted by Gasteiger charge is -2.03. The van der Waals surface area contributed by atoms with E-state index in [9.17, 15) is 9.59 Å². The van der Waals surface area contributed by atoms with Crippen molar-refractivity contribution in [2.24, 2.45) is 0 Å². The lowest BCUT2D eigenvalue weighted by molar-refractivity contribution is -0.137. The van der Waals surface area contributed by atoms with Gasteiger partial charge in [-0.1, -0.05) is 17.7 Å². The van der Waals surface area contributed by atoms with Crippen LogP contribution in [0.5, 0.6) is 0 Å². The van der Waals surface area contributed by atoms with Gasteiger partial charge in [0.05, 0.1) is 11.6 Å². The largest absolute Gasteiger partial charge is 0.480 e. The van der Waals surface area contributed by atoms with Gasteiger partial charge in [0.25, 0.3) is 5.56 Å². The molecule has 5 nitrogen and oxygen atoms in total. The van der Waals surface area contributed by atoms with Crippen molar-refractivity contribution in [2.45, 2.75) is 13.5 Å². The fourth-order valence-corrected chi connectivity index (χ4v) is 1.53. The normalized spacial score (nSPS) is 10.6. The highest BCUT2D eigenvalue weighted by Gasteiger charge is 2.06. The average molecular weight is 218 g/mol. The Kier molecular flexibility index (Phi) is 2.44. The molecular formula is C11H10N2O3. The SMILES string of the molecule is Cc1ccc2cnn(CC(=O)O)c(=O)c2c1. The number of hydrogen-bond acceptors (Lipinski definition) is 3. The summed E-state index contributed by atoms with van der Waals surface area (Å²) in [6.07, 6.45) is 1.50. The molecule has 2 rings (SSSR count). The fraction of sp³-hybridized carbons (Fsp3) is 0.182.